The molecule has 0 saturated carbocycles. The van der Waals surface area contributed by atoms with Crippen LogP contribution in [-0.4, -0.2) is 16.9 Å². The average molecular weight is 328 g/mol. The van der Waals surface area contributed by atoms with E-state index in [2.05, 4.69) is 0 Å². The Labute approximate surface area is 139 Å². The van der Waals surface area contributed by atoms with Crippen LogP contribution in [0.1, 0.15) is 11.1 Å². The van der Waals surface area contributed by atoms with E-state index in [1.807, 2.05) is 36.2 Å². The lowest BCUT2D eigenvalue weighted by Crippen LogP contribution is -2.16. The van der Waals surface area contributed by atoms with E-state index in [0.29, 0.717) is 22.8 Å². The number of benzene rings is 2. The van der Waals surface area contributed by atoms with Crippen molar-refractivity contribution in [2.24, 2.45) is 0 Å². The molecule has 0 N–H and O–H groups in total. The summed E-state index contributed by atoms with van der Waals surface area (Å²) in [4.78, 5) is 12.3. The van der Waals surface area contributed by atoms with E-state index < -0.39 is 4.92 Å². The third kappa shape index (κ3) is 4.31. The van der Waals surface area contributed by atoms with E-state index in [4.69, 9.17) is 16.9 Å². The Morgan fingerprint density at radius 2 is 2.09 bits per heavy atom. The molecule has 0 amide bonds. The van der Waals surface area contributed by atoms with E-state index in [9.17, 15) is 10.1 Å². The van der Waals surface area contributed by atoms with Crippen molar-refractivity contribution in [3.05, 3.63) is 80.9 Å². The van der Waals surface area contributed by atoms with Crippen molar-refractivity contribution >= 4 is 23.0 Å². The molecule has 116 valence electrons. The number of non-ortho nitro benzene ring substituents is 1. The number of rotatable bonds is 5. The molecule has 23 heavy (non-hydrogen) atoms. The van der Waals surface area contributed by atoms with Gasteiger partial charge < -0.3 is 4.90 Å². The third-order valence-corrected chi connectivity index (χ3v) is 3.51. The highest BCUT2D eigenvalue weighted by atomic mass is 35.5. The zero-order chi connectivity index (χ0) is 16.8. The van der Waals surface area contributed by atoms with Gasteiger partial charge >= 0.3 is 0 Å². The molecule has 0 saturated heterocycles. The maximum absolute atomic E-state index is 10.9. The van der Waals surface area contributed by atoms with Crippen molar-refractivity contribution in [1.29, 1.82) is 5.26 Å². The topological polar surface area (TPSA) is 70.2 Å². The highest BCUT2D eigenvalue weighted by Gasteiger charge is 2.13. The number of nitriles is 1. The van der Waals surface area contributed by atoms with Gasteiger partial charge in [0.25, 0.3) is 5.69 Å². The van der Waals surface area contributed by atoms with Crippen molar-refractivity contribution in [3.63, 3.8) is 0 Å². The van der Waals surface area contributed by atoms with Gasteiger partial charge in [-0.25, -0.2) is 0 Å². The summed E-state index contributed by atoms with van der Waals surface area (Å²) in [5.74, 6) is 0. The van der Waals surface area contributed by atoms with Crippen LogP contribution in [0.25, 0.3) is 5.70 Å². The van der Waals surface area contributed by atoms with Crippen LogP contribution in [-0.2, 0) is 6.54 Å². The molecule has 0 spiro atoms. The van der Waals surface area contributed by atoms with Gasteiger partial charge in [0.1, 0.15) is 0 Å². The first kappa shape index (κ1) is 16.5. The van der Waals surface area contributed by atoms with Gasteiger partial charge in [0, 0.05) is 42.4 Å². The molecule has 0 aromatic heterocycles. The first-order valence-corrected chi connectivity index (χ1v) is 7.19. The zero-order valence-corrected chi connectivity index (χ0v) is 13.2. The summed E-state index contributed by atoms with van der Waals surface area (Å²) in [5.41, 5.74) is 2.19. The fourth-order valence-corrected chi connectivity index (χ4v) is 2.46. The average Bonchev–Trinajstić information content (AvgIpc) is 2.52. The minimum absolute atomic E-state index is 0.0116. The summed E-state index contributed by atoms with van der Waals surface area (Å²) >= 11 is 5.98. The Bertz CT molecular complexity index is 796. The fourth-order valence-electron chi connectivity index (χ4n) is 2.25. The molecule has 0 radical (unpaired) electrons. The van der Waals surface area contributed by atoms with Crippen LogP contribution in [0.5, 0.6) is 0 Å². The van der Waals surface area contributed by atoms with Gasteiger partial charge in [-0.05, 0) is 17.7 Å². The molecular formula is C17H14ClN3O2. The maximum Gasteiger partial charge on any atom is 0.270 e. The summed E-state index contributed by atoms with van der Waals surface area (Å²) in [6.45, 7) is 0.525. The molecule has 6 heteroatoms. The highest BCUT2D eigenvalue weighted by molar-refractivity contribution is 6.30. The van der Waals surface area contributed by atoms with Gasteiger partial charge in [-0.2, -0.15) is 5.26 Å². The molecule has 5 nitrogen and oxygen atoms in total. The quantitative estimate of drug-likeness (QED) is 0.467. The summed E-state index contributed by atoms with van der Waals surface area (Å²) in [6.07, 6.45) is 1.38. The van der Waals surface area contributed by atoms with Crippen LogP contribution in [0.3, 0.4) is 0 Å². The van der Waals surface area contributed by atoms with Crippen molar-refractivity contribution in [2.45, 2.75) is 6.54 Å². The Balaban J connectivity index is 2.31. The lowest BCUT2D eigenvalue weighted by atomic mass is 10.1. The lowest BCUT2D eigenvalue weighted by Gasteiger charge is -2.22. The number of allylic oxidation sites excluding steroid dienone is 1. The van der Waals surface area contributed by atoms with Crippen LogP contribution in [0.15, 0.2) is 54.6 Å². The standard InChI is InChI=1S/C17H14ClN3O2/c1-20(12-13-4-2-6-15(18)10-13)17(8-9-19)14-5-3-7-16(11-14)21(22)23/h2-8,10-11H,12H2,1H3/b17-8+. The predicted octanol–water partition coefficient (Wildman–Crippen LogP) is 4.24. The van der Waals surface area contributed by atoms with Gasteiger partial charge in [-0.15, -0.1) is 0 Å². The van der Waals surface area contributed by atoms with E-state index in [1.165, 1.54) is 18.2 Å². The van der Waals surface area contributed by atoms with Crippen LogP contribution in [0.4, 0.5) is 5.69 Å². The highest BCUT2D eigenvalue weighted by Crippen LogP contribution is 2.24. The maximum atomic E-state index is 10.9. The second kappa shape index (κ2) is 7.43. The van der Waals surface area contributed by atoms with Crippen LogP contribution < -0.4 is 0 Å². The summed E-state index contributed by atoms with van der Waals surface area (Å²) in [5, 5.41) is 20.6. The van der Waals surface area contributed by atoms with E-state index in [1.54, 1.807) is 18.2 Å². The first-order valence-electron chi connectivity index (χ1n) is 6.81. The normalized spacial score (nSPS) is 10.9. The lowest BCUT2D eigenvalue weighted by molar-refractivity contribution is -0.384. The number of halogens is 1. The second-order valence-corrected chi connectivity index (χ2v) is 5.39. The molecule has 2 aromatic carbocycles. The molecule has 0 unspecified atom stereocenters. The molecule has 0 fully saturated rings. The zero-order valence-electron chi connectivity index (χ0n) is 12.4. The van der Waals surface area contributed by atoms with E-state index in [-0.39, 0.29) is 5.69 Å². The first-order chi connectivity index (χ1) is 11.0. The van der Waals surface area contributed by atoms with Crippen molar-refractivity contribution in [1.82, 2.24) is 4.90 Å². The summed E-state index contributed by atoms with van der Waals surface area (Å²) < 4.78 is 0. The Morgan fingerprint density at radius 3 is 2.74 bits per heavy atom. The number of hydrogen-bond acceptors (Lipinski definition) is 4. The van der Waals surface area contributed by atoms with Crippen molar-refractivity contribution < 1.29 is 4.92 Å². The van der Waals surface area contributed by atoms with Crippen molar-refractivity contribution in [3.8, 4) is 6.07 Å². The second-order valence-electron chi connectivity index (χ2n) is 4.95. The molecule has 0 aliphatic rings. The van der Waals surface area contributed by atoms with Gasteiger partial charge in [0.15, 0.2) is 0 Å². The molecule has 0 heterocycles. The molecule has 2 rings (SSSR count). The molecule has 0 atom stereocenters. The van der Waals surface area contributed by atoms with Crippen LogP contribution >= 0.6 is 11.6 Å². The smallest absolute Gasteiger partial charge is 0.270 e. The van der Waals surface area contributed by atoms with E-state index >= 15 is 0 Å². The number of nitro benzene ring substituents is 1. The summed E-state index contributed by atoms with van der Waals surface area (Å²) in [6, 6.07) is 15.6. The minimum Gasteiger partial charge on any atom is -0.369 e. The van der Waals surface area contributed by atoms with Gasteiger partial charge in [0.2, 0.25) is 0 Å². The minimum atomic E-state index is -0.454. The van der Waals surface area contributed by atoms with Crippen molar-refractivity contribution in [2.75, 3.05) is 7.05 Å². The molecule has 2 aromatic rings. The SMILES string of the molecule is CN(Cc1cccc(Cl)c1)/C(=C/C#N)c1cccc([N+](=O)[O-])c1. The molecular weight excluding hydrogens is 314 g/mol. The third-order valence-electron chi connectivity index (χ3n) is 3.27. The largest absolute Gasteiger partial charge is 0.369 e. The number of nitro groups is 1. The van der Waals surface area contributed by atoms with E-state index in [0.717, 1.165) is 5.56 Å². The Morgan fingerprint density at radius 1 is 1.35 bits per heavy atom. The molecule has 0 aliphatic heterocycles. The molecule has 0 aliphatic carbocycles. The van der Waals surface area contributed by atoms with Crippen LogP contribution in [0, 0.1) is 21.4 Å². The number of hydrogen-bond donors (Lipinski definition) is 0. The predicted molar refractivity (Wildman–Crippen MR) is 89.6 cm³/mol. The molecule has 0 bridgehead atoms. The summed E-state index contributed by atoms with van der Waals surface area (Å²) in [7, 11) is 1.82. The monoisotopic (exact) mass is 327 g/mol. The fraction of sp³-hybridized carbons (Fsp3) is 0.118. The van der Waals surface area contributed by atoms with Crippen LogP contribution in [0.2, 0.25) is 5.02 Å². The van der Waals surface area contributed by atoms with Gasteiger partial charge in [-0.1, -0.05) is 35.9 Å². The Kier molecular flexibility index (Phi) is 5.34. The number of nitrogens with zero attached hydrogens (tertiary/aromatic N) is 3. The Hall–Kier alpha value is -2.84. The van der Waals surface area contributed by atoms with Gasteiger partial charge in [-0.3, -0.25) is 10.1 Å². The van der Waals surface area contributed by atoms with Gasteiger partial charge in [0.05, 0.1) is 16.7 Å².